The van der Waals surface area contributed by atoms with Crippen molar-refractivity contribution in [3.05, 3.63) is 29.6 Å². The van der Waals surface area contributed by atoms with Crippen LogP contribution in [-0.2, 0) is 5.41 Å². The van der Waals surface area contributed by atoms with Gasteiger partial charge in [0.25, 0.3) is 5.89 Å². The van der Waals surface area contributed by atoms with E-state index in [2.05, 4.69) is 10.1 Å². The second-order valence-corrected chi connectivity index (χ2v) is 5.24. The Labute approximate surface area is 101 Å². The molecule has 1 aromatic carbocycles. The molecule has 0 saturated heterocycles. The van der Waals surface area contributed by atoms with Gasteiger partial charge >= 0.3 is 0 Å². The van der Waals surface area contributed by atoms with Gasteiger partial charge in [0.2, 0.25) is 0 Å². The molecule has 2 N–H and O–H groups in total. The van der Waals surface area contributed by atoms with Gasteiger partial charge in [0.05, 0.1) is 0 Å². The Bertz CT molecular complexity index is 538. The van der Waals surface area contributed by atoms with Gasteiger partial charge < -0.3 is 10.3 Å². The molecule has 0 unspecified atom stereocenters. The first-order valence-electron chi connectivity index (χ1n) is 5.58. The fourth-order valence-corrected chi connectivity index (χ4v) is 1.42. The van der Waals surface area contributed by atoms with Crippen LogP contribution in [-0.4, -0.2) is 10.1 Å². The van der Waals surface area contributed by atoms with E-state index in [0.29, 0.717) is 11.7 Å². The second kappa shape index (κ2) is 3.87. The highest BCUT2D eigenvalue weighted by atomic mass is 16.5. The maximum atomic E-state index is 5.86. The molecule has 0 fully saturated rings. The molecule has 2 aromatic rings. The Hall–Kier alpha value is -1.84. The van der Waals surface area contributed by atoms with Crippen molar-refractivity contribution in [2.75, 3.05) is 5.73 Å². The highest BCUT2D eigenvalue weighted by Crippen LogP contribution is 2.25. The Morgan fingerprint density at radius 3 is 2.47 bits per heavy atom. The average Bonchev–Trinajstić information content (AvgIpc) is 2.70. The van der Waals surface area contributed by atoms with Gasteiger partial charge in [-0.3, -0.25) is 0 Å². The van der Waals surface area contributed by atoms with Crippen molar-refractivity contribution in [2.45, 2.75) is 33.1 Å². The van der Waals surface area contributed by atoms with Crippen LogP contribution in [0.1, 0.15) is 32.2 Å². The van der Waals surface area contributed by atoms with E-state index in [0.717, 1.165) is 16.8 Å². The van der Waals surface area contributed by atoms with Crippen LogP contribution in [0.15, 0.2) is 22.7 Å². The quantitative estimate of drug-likeness (QED) is 0.766. The Morgan fingerprint density at radius 1 is 1.24 bits per heavy atom. The highest BCUT2D eigenvalue weighted by molar-refractivity contribution is 5.62. The van der Waals surface area contributed by atoms with E-state index in [1.54, 1.807) is 0 Å². The van der Waals surface area contributed by atoms with Crippen LogP contribution >= 0.6 is 0 Å². The lowest BCUT2D eigenvalue weighted by Gasteiger charge is -2.10. The summed E-state index contributed by atoms with van der Waals surface area (Å²) in [4.78, 5) is 4.39. The molecule has 4 nitrogen and oxygen atoms in total. The van der Waals surface area contributed by atoms with Crippen LogP contribution in [0.4, 0.5) is 5.69 Å². The van der Waals surface area contributed by atoms with Gasteiger partial charge in [0, 0.05) is 16.7 Å². The van der Waals surface area contributed by atoms with Crippen LogP contribution in [0.3, 0.4) is 0 Å². The molecular formula is C13H17N3O. The molecule has 0 spiro atoms. The molecule has 0 radical (unpaired) electrons. The fourth-order valence-electron chi connectivity index (χ4n) is 1.42. The summed E-state index contributed by atoms with van der Waals surface area (Å²) in [6.07, 6.45) is 0. The number of nitrogens with two attached hydrogens (primary N) is 1. The largest absolute Gasteiger partial charge is 0.398 e. The predicted octanol–water partition coefficient (Wildman–Crippen LogP) is 2.92. The molecule has 0 saturated carbocycles. The van der Waals surface area contributed by atoms with Gasteiger partial charge in [-0.2, -0.15) is 4.98 Å². The monoisotopic (exact) mass is 231 g/mol. The van der Waals surface area contributed by atoms with Gasteiger partial charge in [-0.25, -0.2) is 0 Å². The molecule has 0 atom stereocenters. The molecule has 2 rings (SSSR count). The fraction of sp³-hybridized carbons (Fsp3) is 0.385. The van der Waals surface area contributed by atoms with Crippen molar-refractivity contribution in [3.63, 3.8) is 0 Å². The molecule has 1 aromatic heterocycles. The van der Waals surface area contributed by atoms with E-state index in [4.69, 9.17) is 10.3 Å². The van der Waals surface area contributed by atoms with E-state index >= 15 is 0 Å². The topological polar surface area (TPSA) is 64.9 Å². The first kappa shape index (κ1) is 11.6. The lowest BCUT2D eigenvalue weighted by atomic mass is 9.96. The zero-order chi connectivity index (χ0) is 12.6. The smallest absolute Gasteiger partial charge is 0.258 e. The van der Waals surface area contributed by atoms with Gasteiger partial charge in [-0.15, -0.1) is 0 Å². The number of aryl methyl sites for hydroxylation is 1. The SMILES string of the molecule is Cc1ccc(-c2nc(C(C)(C)C)no2)cc1N. The second-order valence-electron chi connectivity index (χ2n) is 5.24. The number of hydrogen-bond donors (Lipinski definition) is 1. The standard InChI is InChI=1S/C13H17N3O/c1-8-5-6-9(7-10(8)14)11-15-12(16-17-11)13(2,3)4/h5-7H,14H2,1-4H3. The number of rotatable bonds is 1. The van der Waals surface area contributed by atoms with Crippen molar-refractivity contribution in [2.24, 2.45) is 0 Å². The van der Waals surface area contributed by atoms with Gasteiger partial charge in [0.15, 0.2) is 5.82 Å². The van der Waals surface area contributed by atoms with E-state index in [9.17, 15) is 0 Å². The lowest BCUT2D eigenvalue weighted by Crippen LogP contribution is -2.13. The zero-order valence-corrected chi connectivity index (χ0v) is 10.6. The summed E-state index contributed by atoms with van der Waals surface area (Å²) in [5.41, 5.74) is 8.39. The predicted molar refractivity (Wildman–Crippen MR) is 67.6 cm³/mol. The Kier molecular flexibility index (Phi) is 2.65. The molecule has 1 heterocycles. The van der Waals surface area contributed by atoms with Crippen LogP contribution in [0.25, 0.3) is 11.5 Å². The van der Waals surface area contributed by atoms with E-state index in [1.165, 1.54) is 0 Å². The van der Waals surface area contributed by atoms with E-state index < -0.39 is 0 Å². The first-order valence-corrected chi connectivity index (χ1v) is 5.58. The maximum absolute atomic E-state index is 5.86. The molecule has 0 aliphatic heterocycles. The third-order valence-corrected chi connectivity index (χ3v) is 2.62. The van der Waals surface area contributed by atoms with Crippen LogP contribution in [0, 0.1) is 6.92 Å². The Morgan fingerprint density at radius 2 is 1.94 bits per heavy atom. The average molecular weight is 231 g/mol. The highest BCUT2D eigenvalue weighted by Gasteiger charge is 2.21. The molecule has 0 amide bonds. The molecule has 0 aliphatic rings. The minimum atomic E-state index is -0.113. The van der Waals surface area contributed by atoms with Crippen molar-refractivity contribution >= 4 is 5.69 Å². The first-order chi connectivity index (χ1) is 7.88. The molecule has 4 heteroatoms. The van der Waals surface area contributed by atoms with Crippen LogP contribution < -0.4 is 5.73 Å². The maximum Gasteiger partial charge on any atom is 0.258 e. The third-order valence-electron chi connectivity index (χ3n) is 2.62. The molecule has 90 valence electrons. The summed E-state index contributed by atoms with van der Waals surface area (Å²) in [5.74, 6) is 1.22. The molecule has 0 aliphatic carbocycles. The summed E-state index contributed by atoms with van der Waals surface area (Å²) < 4.78 is 5.26. The van der Waals surface area contributed by atoms with Gasteiger partial charge in [-0.05, 0) is 24.6 Å². The normalized spacial score (nSPS) is 11.8. The number of anilines is 1. The van der Waals surface area contributed by atoms with E-state index in [1.807, 2.05) is 45.9 Å². The summed E-state index contributed by atoms with van der Waals surface area (Å²) in [5, 5.41) is 3.99. The molecule has 0 bridgehead atoms. The molecule has 17 heavy (non-hydrogen) atoms. The third kappa shape index (κ3) is 2.30. The van der Waals surface area contributed by atoms with Crippen LogP contribution in [0.5, 0.6) is 0 Å². The number of nitrogen functional groups attached to an aromatic ring is 1. The minimum Gasteiger partial charge on any atom is -0.398 e. The van der Waals surface area contributed by atoms with Crippen molar-refractivity contribution in [1.29, 1.82) is 0 Å². The summed E-state index contributed by atoms with van der Waals surface area (Å²) in [7, 11) is 0. The number of aromatic nitrogens is 2. The number of benzene rings is 1. The van der Waals surface area contributed by atoms with E-state index in [-0.39, 0.29) is 5.41 Å². The lowest BCUT2D eigenvalue weighted by molar-refractivity contribution is 0.402. The van der Waals surface area contributed by atoms with Crippen LogP contribution in [0.2, 0.25) is 0 Å². The summed E-state index contributed by atoms with van der Waals surface area (Å²) in [6, 6.07) is 5.74. The van der Waals surface area contributed by atoms with Crippen molar-refractivity contribution < 1.29 is 4.52 Å². The minimum absolute atomic E-state index is 0.113. The van der Waals surface area contributed by atoms with Gasteiger partial charge in [0.1, 0.15) is 0 Å². The van der Waals surface area contributed by atoms with Crippen molar-refractivity contribution in [1.82, 2.24) is 10.1 Å². The molecular weight excluding hydrogens is 214 g/mol. The number of hydrogen-bond acceptors (Lipinski definition) is 4. The van der Waals surface area contributed by atoms with Gasteiger partial charge in [-0.1, -0.05) is 32.0 Å². The summed E-state index contributed by atoms with van der Waals surface area (Å²) in [6.45, 7) is 8.11. The number of nitrogens with zero attached hydrogens (tertiary/aromatic N) is 2. The summed E-state index contributed by atoms with van der Waals surface area (Å²) >= 11 is 0. The zero-order valence-electron chi connectivity index (χ0n) is 10.6. The van der Waals surface area contributed by atoms with Crippen molar-refractivity contribution in [3.8, 4) is 11.5 Å². The Balaban J connectivity index is 2.40.